The van der Waals surface area contributed by atoms with Crippen molar-refractivity contribution in [1.82, 2.24) is 5.32 Å². The van der Waals surface area contributed by atoms with Crippen LogP contribution in [0.25, 0.3) is 0 Å². The van der Waals surface area contributed by atoms with Gasteiger partial charge >= 0.3 is 0 Å². The maximum atomic E-state index is 11.0. The van der Waals surface area contributed by atoms with E-state index in [1.165, 1.54) is 6.26 Å². The summed E-state index contributed by atoms with van der Waals surface area (Å²) in [5.74, 6) is 1.11. The number of benzene rings is 1. The summed E-state index contributed by atoms with van der Waals surface area (Å²) in [5.41, 5.74) is 1.09. The van der Waals surface area contributed by atoms with E-state index in [1.807, 2.05) is 38.1 Å². The van der Waals surface area contributed by atoms with Gasteiger partial charge in [0.25, 0.3) is 0 Å². The lowest BCUT2D eigenvalue weighted by atomic mass is 10.2. The van der Waals surface area contributed by atoms with Crippen molar-refractivity contribution >= 4 is 9.84 Å². The van der Waals surface area contributed by atoms with Crippen molar-refractivity contribution in [3.63, 3.8) is 0 Å². The number of para-hydroxylation sites is 1. The van der Waals surface area contributed by atoms with E-state index in [0.29, 0.717) is 19.5 Å². The highest BCUT2D eigenvalue weighted by Crippen LogP contribution is 2.18. The fourth-order valence-corrected chi connectivity index (χ4v) is 2.37. The Bertz CT molecular complexity index is 483. The van der Waals surface area contributed by atoms with Gasteiger partial charge < -0.3 is 10.1 Å². The van der Waals surface area contributed by atoms with Crippen LogP contribution in [0.1, 0.15) is 25.8 Å². The summed E-state index contributed by atoms with van der Waals surface area (Å²) < 4.78 is 27.7. The van der Waals surface area contributed by atoms with Crippen LogP contribution in [0.2, 0.25) is 0 Å². The zero-order chi connectivity index (χ0) is 14.3. The molecular formula is C14H23NO3S. The fourth-order valence-electron chi connectivity index (χ4n) is 1.70. The minimum Gasteiger partial charge on any atom is -0.491 e. The topological polar surface area (TPSA) is 55.4 Å². The van der Waals surface area contributed by atoms with Gasteiger partial charge in [-0.25, -0.2) is 8.42 Å². The molecule has 0 amide bonds. The molecule has 0 heterocycles. The van der Waals surface area contributed by atoms with E-state index in [4.69, 9.17) is 4.74 Å². The van der Waals surface area contributed by atoms with Gasteiger partial charge in [0.1, 0.15) is 15.6 Å². The standard InChI is InChI=1S/C14H23NO3S/c1-12(2)18-14-8-5-4-7-13(14)11-15-9-6-10-19(3,16)17/h4-5,7-8,12,15H,6,9-11H2,1-3H3. The maximum Gasteiger partial charge on any atom is 0.147 e. The van der Waals surface area contributed by atoms with Gasteiger partial charge in [-0.2, -0.15) is 0 Å². The molecule has 0 saturated carbocycles. The lowest BCUT2D eigenvalue weighted by molar-refractivity contribution is 0.239. The average Bonchev–Trinajstić information content (AvgIpc) is 2.28. The van der Waals surface area contributed by atoms with Gasteiger partial charge in [-0.3, -0.25) is 0 Å². The summed E-state index contributed by atoms with van der Waals surface area (Å²) in [6.07, 6.45) is 2.04. The highest BCUT2D eigenvalue weighted by atomic mass is 32.2. The van der Waals surface area contributed by atoms with Gasteiger partial charge in [0.05, 0.1) is 11.9 Å². The van der Waals surface area contributed by atoms with Crippen molar-refractivity contribution in [2.45, 2.75) is 32.9 Å². The van der Waals surface area contributed by atoms with Crippen molar-refractivity contribution in [3.05, 3.63) is 29.8 Å². The van der Waals surface area contributed by atoms with Gasteiger partial charge in [-0.05, 0) is 32.9 Å². The lowest BCUT2D eigenvalue weighted by Gasteiger charge is -2.14. The summed E-state index contributed by atoms with van der Waals surface area (Å²) in [6.45, 7) is 5.36. The number of sulfone groups is 1. The third kappa shape index (κ3) is 7.18. The van der Waals surface area contributed by atoms with Crippen LogP contribution in [0.15, 0.2) is 24.3 Å². The molecular weight excluding hydrogens is 262 g/mol. The number of nitrogens with one attached hydrogen (secondary N) is 1. The molecule has 1 aromatic carbocycles. The van der Waals surface area contributed by atoms with E-state index in [-0.39, 0.29) is 11.9 Å². The zero-order valence-corrected chi connectivity index (χ0v) is 12.7. The molecule has 0 spiro atoms. The van der Waals surface area contributed by atoms with Crippen LogP contribution in [0.5, 0.6) is 5.75 Å². The molecule has 0 aromatic heterocycles. The molecule has 1 N–H and O–H groups in total. The summed E-state index contributed by atoms with van der Waals surface area (Å²) in [4.78, 5) is 0. The second-order valence-corrected chi connectivity index (χ2v) is 7.19. The largest absolute Gasteiger partial charge is 0.491 e. The van der Waals surface area contributed by atoms with Crippen molar-refractivity contribution in [1.29, 1.82) is 0 Å². The van der Waals surface area contributed by atoms with E-state index >= 15 is 0 Å². The van der Waals surface area contributed by atoms with E-state index < -0.39 is 9.84 Å². The van der Waals surface area contributed by atoms with Gasteiger partial charge in [0.15, 0.2) is 0 Å². The summed E-state index contributed by atoms with van der Waals surface area (Å²) in [5, 5.41) is 3.24. The molecule has 0 atom stereocenters. The Kier molecular flexibility index (Phi) is 6.31. The van der Waals surface area contributed by atoms with E-state index in [1.54, 1.807) is 0 Å². The average molecular weight is 285 g/mol. The highest BCUT2D eigenvalue weighted by molar-refractivity contribution is 7.90. The number of hydrogen-bond donors (Lipinski definition) is 1. The molecule has 1 aromatic rings. The second kappa shape index (κ2) is 7.50. The Labute approximate surface area is 116 Å². The monoisotopic (exact) mass is 285 g/mol. The number of ether oxygens (including phenoxy) is 1. The molecule has 0 aliphatic carbocycles. The Morgan fingerprint density at radius 1 is 1.26 bits per heavy atom. The third-order valence-corrected chi connectivity index (χ3v) is 3.55. The van der Waals surface area contributed by atoms with E-state index in [0.717, 1.165) is 11.3 Å². The molecule has 108 valence electrons. The molecule has 0 radical (unpaired) electrons. The van der Waals surface area contributed by atoms with Gasteiger partial charge in [-0.15, -0.1) is 0 Å². The highest BCUT2D eigenvalue weighted by Gasteiger charge is 2.05. The SMILES string of the molecule is CC(C)Oc1ccccc1CNCCCS(C)(=O)=O. The smallest absolute Gasteiger partial charge is 0.147 e. The van der Waals surface area contributed by atoms with Crippen LogP contribution < -0.4 is 10.1 Å². The summed E-state index contributed by atoms with van der Waals surface area (Å²) in [6, 6.07) is 7.89. The molecule has 0 aliphatic heterocycles. The lowest BCUT2D eigenvalue weighted by Crippen LogP contribution is -2.18. The van der Waals surface area contributed by atoms with Gasteiger partial charge in [0.2, 0.25) is 0 Å². The van der Waals surface area contributed by atoms with Crippen LogP contribution in [0.4, 0.5) is 0 Å². The second-order valence-electron chi connectivity index (χ2n) is 4.93. The Morgan fingerprint density at radius 2 is 1.95 bits per heavy atom. The van der Waals surface area contributed by atoms with Crippen molar-refractivity contribution in [2.75, 3.05) is 18.6 Å². The molecule has 0 unspecified atom stereocenters. The van der Waals surface area contributed by atoms with Gasteiger partial charge in [0, 0.05) is 18.4 Å². The first kappa shape index (κ1) is 16.0. The molecule has 0 fully saturated rings. The van der Waals surface area contributed by atoms with Gasteiger partial charge in [-0.1, -0.05) is 18.2 Å². The minimum absolute atomic E-state index is 0.145. The zero-order valence-electron chi connectivity index (χ0n) is 11.8. The molecule has 0 bridgehead atoms. The Morgan fingerprint density at radius 3 is 2.58 bits per heavy atom. The van der Waals surface area contributed by atoms with Crippen molar-refractivity contribution < 1.29 is 13.2 Å². The normalized spacial score (nSPS) is 11.8. The maximum absolute atomic E-state index is 11.0. The first-order chi connectivity index (χ1) is 8.88. The van der Waals surface area contributed by atoms with Crippen LogP contribution >= 0.6 is 0 Å². The molecule has 0 saturated heterocycles. The number of rotatable bonds is 8. The molecule has 1 rings (SSSR count). The molecule has 5 heteroatoms. The predicted molar refractivity (Wildman–Crippen MR) is 78.2 cm³/mol. The summed E-state index contributed by atoms with van der Waals surface area (Å²) >= 11 is 0. The van der Waals surface area contributed by atoms with Crippen molar-refractivity contribution in [2.24, 2.45) is 0 Å². The van der Waals surface area contributed by atoms with E-state index in [9.17, 15) is 8.42 Å². The van der Waals surface area contributed by atoms with Crippen LogP contribution in [0, 0.1) is 0 Å². The first-order valence-corrected chi connectivity index (χ1v) is 8.57. The first-order valence-electron chi connectivity index (χ1n) is 6.51. The van der Waals surface area contributed by atoms with Crippen LogP contribution in [0.3, 0.4) is 0 Å². The number of hydrogen-bond acceptors (Lipinski definition) is 4. The quantitative estimate of drug-likeness (QED) is 0.742. The third-order valence-electron chi connectivity index (χ3n) is 2.52. The molecule has 19 heavy (non-hydrogen) atoms. The van der Waals surface area contributed by atoms with Crippen LogP contribution in [-0.2, 0) is 16.4 Å². The minimum atomic E-state index is -2.86. The van der Waals surface area contributed by atoms with Crippen LogP contribution in [-0.4, -0.2) is 33.1 Å². The predicted octanol–water partition coefficient (Wildman–Crippen LogP) is 2.00. The fraction of sp³-hybridized carbons (Fsp3) is 0.571. The van der Waals surface area contributed by atoms with E-state index in [2.05, 4.69) is 5.32 Å². The Hall–Kier alpha value is -1.07. The molecule has 0 aliphatic rings. The Balaban J connectivity index is 2.40. The van der Waals surface area contributed by atoms with Crippen molar-refractivity contribution in [3.8, 4) is 5.75 Å². The summed E-state index contributed by atoms with van der Waals surface area (Å²) in [7, 11) is -2.86. The molecule has 4 nitrogen and oxygen atoms in total.